The van der Waals surface area contributed by atoms with Gasteiger partial charge in [0.2, 0.25) is 0 Å². The summed E-state index contributed by atoms with van der Waals surface area (Å²) in [4.78, 5) is 12.3. The number of hydrogen-bond donors (Lipinski definition) is 0. The molecule has 0 saturated carbocycles. The number of hydrogen-bond acceptors (Lipinski definition) is 5. The van der Waals surface area contributed by atoms with E-state index >= 15 is 0 Å². The van der Waals surface area contributed by atoms with Crippen molar-refractivity contribution in [3.05, 3.63) is 59.7 Å². The molecule has 0 N–H and O–H groups in total. The monoisotopic (exact) mass is 351 g/mol. The Balaban J connectivity index is 2.06. The van der Waals surface area contributed by atoms with Crippen molar-refractivity contribution in [3.8, 4) is 23.3 Å². The Kier molecular flexibility index (Phi) is 7.26. The highest BCUT2D eigenvalue weighted by Crippen LogP contribution is 2.28. The van der Waals surface area contributed by atoms with Crippen molar-refractivity contribution in [2.75, 3.05) is 20.3 Å². The Morgan fingerprint density at radius 2 is 1.88 bits per heavy atom. The van der Waals surface area contributed by atoms with E-state index in [1.165, 1.54) is 13.2 Å². The van der Waals surface area contributed by atoms with Crippen LogP contribution >= 0.6 is 0 Å². The quantitative estimate of drug-likeness (QED) is 0.498. The maximum Gasteiger partial charge on any atom is 0.185 e. The van der Waals surface area contributed by atoms with Crippen LogP contribution in [0.1, 0.15) is 29.3 Å². The van der Waals surface area contributed by atoms with Gasteiger partial charge in [0.1, 0.15) is 11.8 Å². The van der Waals surface area contributed by atoms with Crippen LogP contribution in [-0.2, 0) is 0 Å². The molecule has 0 radical (unpaired) electrons. The second kappa shape index (κ2) is 9.90. The number of benzene rings is 2. The standard InChI is InChI=1S/C21H21NO4/c1-3-13-25-18-8-6-17(7-9-18)19(23)10-4-16-5-11-20(26-14-12-22)21(15-16)24-2/h4-11,15H,3,13-14H2,1-2H3/b10-4+. The molecule has 0 heterocycles. The predicted octanol–water partition coefficient (Wildman–Crippen LogP) is 4.28. The van der Waals surface area contributed by atoms with Gasteiger partial charge in [0.25, 0.3) is 0 Å². The first kappa shape index (κ1) is 19.1. The van der Waals surface area contributed by atoms with Crippen molar-refractivity contribution in [3.63, 3.8) is 0 Å². The van der Waals surface area contributed by atoms with Gasteiger partial charge in [-0.05, 0) is 54.5 Å². The molecule has 5 heteroatoms. The summed E-state index contributed by atoms with van der Waals surface area (Å²) in [5, 5.41) is 8.59. The maximum atomic E-state index is 12.3. The Morgan fingerprint density at radius 1 is 1.12 bits per heavy atom. The molecule has 26 heavy (non-hydrogen) atoms. The van der Waals surface area contributed by atoms with E-state index in [4.69, 9.17) is 19.5 Å². The lowest BCUT2D eigenvalue weighted by Crippen LogP contribution is -1.98. The molecule has 2 aromatic carbocycles. The molecule has 0 atom stereocenters. The smallest absolute Gasteiger partial charge is 0.185 e. The van der Waals surface area contributed by atoms with E-state index in [0.717, 1.165) is 17.7 Å². The molecule has 134 valence electrons. The normalized spacial score (nSPS) is 10.3. The summed E-state index contributed by atoms with van der Waals surface area (Å²) in [7, 11) is 1.52. The number of ketones is 1. The van der Waals surface area contributed by atoms with E-state index in [9.17, 15) is 4.79 Å². The van der Waals surface area contributed by atoms with Crippen molar-refractivity contribution < 1.29 is 19.0 Å². The van der Waals surface area contributed by atoms with Gasteiger partial charge < -0.3 is 14.2 Å². The fourth-order valence-corrected chi connectivity index (χ4v) is 2.22. The van der Waals surface area contributed by atoms with Crippen LogP contribution in [0, 0.1) is 11.3 Å². The van der Waals surface area contributed by atoms with Crippen molar-refractivity contribution in [2.24, 2.45) is 0 Å². The maximum absolute atomic E-state index is 12.3. The van der Waals surface area contributed by atoms with Crippen LogP contribution in [0.4, 0.5) is 0 Å². The van der Waals surface area contributed by atoms with Gasteiger partial charge >= 0.3 is 0 Å². The van der Waals surface area contributed by atoms with E-state index in [-0.39, 0.29) is 12.4 Å². The fourth-order valence-electron chi connectivity index (χ4n) is 2.22. The van der Waals surface area contributed by atoms with Crippen molar-refractivity contribution in [2.45, 2.75) is 13.3 Å². The van der Waals surface area contributed by atoms with Crippen LogP contribution in [0.5, 0.6) is 17.2 Å². The molecule has 2 aromatic rings. The van der Waals surface area contributed by atoms with Gasteiger partial charge in [-0.3, -0.25) is 4.79 Å². The summed E-state index contributed by atoms with van der Waals surface area (Å²) < 4.78 is 16.0. The lowest BCUT2D eigenvalue weighted by atomic mass is 10.1. The Bertz CT molecular complexity index is 804. The van der Waals surface area contributed by atoms with E-state index in [1.54, 1.807) is 48.5 Å². The van der Waals surface area contributed by atoms with E-state index in [2.05, 4.69) is 0 Å². The second-order valence-corrected chi connectivity index (χ2v) is 5.43. The largest absolute Gasteiger partial charge is 0.494 e. The molecule has 0 amide bonds. The molecule has 0 aliphatic carbocycles. The summed E-state index contributed by atoms with van der Waals surface area (Å²) in [5.74, 6) is 1.65. The molecule has 0 saturated heterocycles. The number of nitrogens with zero attached hydrogens (tertiary/aromatic N) is 1. The zero-order chi connectivity index (χ0) is 18.8. The SMILES string of the molecule is CCCOc1ccc(C(=O)/C=C/c2ccc(OCC#N)c(OC)c2)cc1. The van der Waals surface area contributed by atoms with E-state index < -0.39 is 0 Å². The number of carbonyl (C=O) groups excluding carboxylic acids is 1. The van der Waals surface area contributed by atoms with Crippen LogP contribution in [-0.4, -0.2) is 26.1 Å². The Labute approximate surface area is 153 Å². The minimum absolute atomic E-state index is 0.0536. The first-order valence-electron chi connectivity index (χ1n) is 8.31. The predicted molar refractivity (Wildman–Crippen MR) is 99.7 cm³/mol. The minimum atomic E-state index is -0.101. The lowest BCUT2D eigenvalue weighted by molar-refractivity contribution is 0.104. The third-order valence-electron chi connectivity index (χ3n) is 3.52. The molecule has 2 rings (SSSR count). The Hall–Kier alpha value is -3.26. The average molecular weight is 351 g/mol. The van der Waals surface area contributed by atoms with Gasteiger partial charge in [-0.15, -0.1) is 0 Å². The topological polar surface area (TPSA) is 68.5 Å². The van der Waals surface area contributed by atoms with Crippen LogP contribution in [0.3, 0.4) is 0 Å². The molecule has 0 spiro atoms. The third-order valence-corrected chi connectivity index (χ3v) is 3.52. The van der Waals surface area contributed by atoms with Gasteiger partial charge in [-0.25, -0.2) is 0 Å². The first-order valence-corrected chi connectivity index (χ1v) is 8.31. The summed E-state index contributed by atoms with van der Waals surface area (Å²) in [6.07, 6.45) is 4.15. The van der Waals surface area contributed by atoms with Crippen LogP contribution in [0.25, 0.3) is 6.08 Å². The number of ether oxygens (including phenoxy) is 3. The third kappa shape index (κ3) is 5.38. The highest BCUT2D eigenvalue weighted by Gasteiger charge is 2.06. The van der Waals surface area contributed by atoms with Gasteiger partial charge in [0.15, 0.2) is 23.9 Å². The molecular weight excluding hydrogens is 330 g/mol. The number of carbonyl (C=O) groups is 1. The van der Waals surface area contributed by atoms with Gasteiger partial charge in [0.05, 0.1) is 13.7 Å². The van der Waals surface area contributed by atoms with Crippen molar-refractivity contribution >= 4 is 11.9 Å². The second-order valence-electron chi connectivity index (χ2n) is 5.43. The molecule has 0 aliphatic rings. The van der Waals surface area contributed by atoms with Crippen molar-refractivity contribution in [1.29, 1.82) is 5.26 Å². The van der Waals surface area contributed by atoms with Crippen LogP contribution in [0.15, 0.2) is 48.5 Å². The fraction of sp³-hybridized carbons (Fsp3) is 0.238. The number of rotatable bonds is 9. The molecule has 0 fully saturated rings. The molecular formula is C21H21NO4. The average Bonchev–Trinajstić information content (AvgIpc) is 2.69. The van der Waals surface area contributed by atoms with Crippen molar-refractivity contribution in [1.82, 2.24) is 0 Å². The molecule has 0 unspecified atom stereocenters. The molecule has 0 aromatic heterocycles. The highest BCUT2D eigenvalue weighted by molar-refractivity contribution is 6.06. The first-order chi connectivity index (χ1) is 12.7. The molecule has 0 bridgehead atoms. The van der Waals surface area contributed by atoms with Gasteiger partial charge in [0, 0.05) is 5.56 Å². The summed E-state index contributed by atoms with van der Waals surface area (Å²) in [6, 6.07) is 14.2. The van der Waals surface area contributed by atoms with E-state index in [1.807, 2.05) is 13.0 Å². The zero-order valence-corrected chi connectivity index (χ0v) is 14.9. The van der Waals surface area contributed by atoms with Gasteiger partial charge in [-0.2, -0.15) is 5.26 Å². The van der Waals surface area contributed by atoms with E-state index in [0.29, 0.717) is 23.7 Å². The summed E-state index contributed by atoms with van der Waals surface area (Å²) in [5.41, 5.74) is 1.38. The minimum Gasteiger partial charge on any atom is -0.494 e. The highest BCUT2D eigenvalue weighted by atomic mass is 16.5. The lowest BCUT2D eigenvalue weighted by Gasteiger charge is -2.08. The summed E-state index contributed by atoms with van der Waals surface area (Å²) in [6.45, 7) is 2.64. The number of methoxy groups -OCH3 is 1. The molecule has 0 aliphatic heterocycles. The van der Waals surface area contributed by atoms with Crippen LogP contribution < -0.4 is 14.2 Å². The van der Waals surface area contributed by atoms with Gasteiger partial charge in [-0.1, -0.05) is 19.1 Å². The molecule has 5 nitrogen and oxygen atoms in total. The van der Waals surface area contributed by atoms with Crippen LogP contribution in [0.2, 0.25) is 0 Å². The number of allylic oxidation sites excluding steroid dienone is 1. The number of nitriles is 1. The Morgan fingerprint density at radius 3 is 2.54 bits per heavy atom. The zero-order valence-electron chi connectivity index (χ0n) is 14.9. The summed E-state index contributed by atoms with van der Waals surface area (Å²) >= 11 is 0.